The summed E-state index contributed by atoms with van der Waals surface area (Å²) in [5.41, 5.74) is 2.69. The van der Waals surface area contributed by atoms with Crippen molar-refractivity contribution in [1.82, 2.24) is 16.0 Å². The van der Waals surface area contributed by atoms with E-state index in [0.29, 0.717) is 23.1 Å². The van der Waals surface area contributed by atoms with Crippen LogP contribution in [0.3, 0.4) is 0 Å². The van der Waals surface area contributed by atoms with E-state index in [9.17, 15) is 9.59 Å². The third-order valence-electron chi connectivity index (χ3n) is 4.55. The van der Waals surface area contributed by atoms with Gasteiger partial charge in [-0.05, 0) is 47.6 Å². The Kier molecular flexibility index (Phi) is 6.95. The van der Waals surface area contributed by atoms with Crippen molar-refractivity contribution in [3.63, 3.8) is 0 Å². The van der Waals surface area contributed by atoms with Crippen LogP contribution in [0.15, 0.2) is 41.8 Å². The molecule has 0 bridgehead atoms. The average molecular weight is 402 g/mol. The molecule has 3 rings (SSSR count). The summed E-state index contributed by atoms with van der Waals surface area (Å²) in [5.74, 6) is -0.106. The van der Waals surface area contributed by atoms with Gasteiger partial charge < -0.3 is 16.0 Å². The molecule has 1 heterocycles. The lowest BCUT2D eigenvalue weighted by atomic mass is 10.1. The van der Waals surface area contributed by atoms with Crippen molar-refractivity contribution >= 4 is 40.4 Å². The number of ketones is 1. The first-order valence-corrected chi connectivity index (χ1v) is 10.4. The molecule has 1 aromatic carbocycles. The van der Waals surface area contributed by atoms with E-state index in [-0.39, 0.29) is 30.6 Å². The largest absolute Gasteiger partial charge is 0.361 e. The van der Waals surface area contributed by atoms with Crippen molar-refractivity contribution < 1.29 is 9.59 Å². The van der Waals surface area contributed by atoms with Crippen molar-refractivity contribution in [3.8, 4) is 0 Å². The van der Waals surface area contributed by atoms with Gasteiger partial charge in [0.2, 0.25) is 5.91 Å². The maximum absolute atomic E-state index is 11.9. The maximum Gasteiger partial charge on any atom is 0.220 e. The monoisotopic (exact) mass is 401 g/mol. The molecule has 0 radical (unpaired) electrons. The van der Waals surface area contributed by atoms with Crippen molar-refractivity contribution in [2.45, 2.75) is 31.7 Å². The molecular formula is C20H23N3O2S2. The van der Waals surface area contributed by atoms with Gasteiger partial charge in [-0.2, -0.15) is 0 Å². The zero-order valence-electron chi connectivity index (χ0n) is 15.0. The summed E-state index contributed by atoms with van der Waals surface area (Å²) in [6.07, 6.45) is 2.55. The summed E-state index contributed by atoms with van der Waals surface area (Å²) in [4.78, 5) is 24.4. The van der Waals surface area contributed by atoms with Crippen LogP contribution in [0.25, 0.3) is 0 Å². The number of Topliss-reactive ketones (excluding diaryl/α,β-unsaturated/α-hetero) is 1. The van der Waals surface area contributed by atoms with Gasteiger partial charge in [0.05, 0.1) is 10.9 Å². The average Bonchev–Trinajstić information content (AvgIpc) is 3.34. The van der Waals surface area contributed by atoms with Crippen molar-refractivity contribution in [2.75, 3.05) is 13.1 Å². The second-order valence-corrected chi connectivity index (χ2v) is 7.80. The molecule has 27 heavy (non-hydrogen) atoms. The Balaban J connectivity index is 1.29. The molecule has 0 aliphatic heterocycles. The highest BCUT2D eigenvalue weighted by Crippen LogP contribution is 2.30. The zero-order valence-corrected chi connectivity index (χ0v) is 16.6. The molecule has 1 aromatic heterocycles. The van der Waals surface area contributed by atoms with E-state index in [4.69, 9.17) is 12.2 Å². The Bertz CT molecular complexity index is 805. The normalized spacial score (nSPS) is 15.0. The molecule has 1 atom stereocenters. The summed E-state index contributed by atoms with van der Waals surface area (Å²) in [6.45, 7) is 1.01. The molecule has 7 heteroatoms. The molecule has 142 valence electrons. The number of amides is 1. The van der Waals surface area contributed by atoms with E-state index in [2.05, 4.69) is 34.1 Å². The van der Waals surface area contributed by atoms with Crippen molar-refractivity contribution in [1.29, 1.82) is 0 Å². The highest BCUT2D eigenvalue weighted by atomic mass is 32.1. The maximum atomic E-state index is 11.9. The number of carbonyl (C=O) groups excluding carboxylic acids is 2. The Morgan fingerprint density at radius 3 is 2.70 bits per heavy atom. The number of fused-ring (bicyclic) bond motifs is 1. The summed E-state index contributed by atoms with van der Waals surface area (Å²) < 4.78 is 0. The van der Waals surface area contributed by atoms with Gasteiger partial charge in [0.25, 0.3) is 0 Å². The lowest BCUT2D eigenvalue weighted by Crippen LogP contribution is -2.41. The fraction of sp³-hybridized carbons (Fsp3) is 0.350. The summed E-state index contributed by atoms with van der Waals surface area (Å²) >= 11 is 6.75. The van der Waals surface area contributed by atoms with Crippen LogP contribution in [0.2, 0.25) is 0 Å². The first kappa shape index (κ1) is 19.5. The smallest absolute Gasteiger partial charge is 0.220 e. The number of nitrogens with one attached hydrogen (secondary N) is 3. The molecule has 0 spiro atoms. The molecule has 0 saturated carbocycles. The molecule has 1 unspecified atom stereocenters. The van der Waals surface area contributed by atoms with Gasteiger partial charge in [0.1, 0.15) is 0 Å². The van der Waals surface area contributed by atoms with Gasteiger partial charge in [0, 0.05) is 25.9 Å². The highest BCUT2D eigenvalue weighted by Gasteiger charge is 2.22. The molecule has 1 amide bonds. The fourth-order valence-corrected chi connectivity index (χ4v) is 4.11. The first-order chi connectivity index (χ1) is 13.1. The summed E-state index contributed by atoms with van der Waals surface area (Å²) in [5, 5.41) is 11.7. The number of rotatable bonds is 8. The van der Waals surface area contributed by atoms with Gasteiger partial charge in [-0.15, -0.1) is 11.3 Å². The van der Waals surface area contributed by atoms with Crippen molar-refractivity contribution in [2.24, 2.45) is 0 Å². The van der Waals surface area contributed by atoms with Gasteiger partial charge in [0.15, 0.2) is 10.9 Å². The number of thiophene rings is 1. The van der Waals surface area contributed by atoms with Crippen LogP contribution < -0.4 is 16.0 Å². The molecule has 5 nitrogen and oxygen atoms in total. The van der Waals surface area contributed by atoms with Crippen LogP contribution >= 0.6 is 23.6 Å². The summed E-state index contributed by atoms with van der Waals surface area (Å²) in [7, 11) is 0. The van der Waals surface area contributed by atoms with Gasteiger partial charge in [-0.3, -0.25) is 9.59 Å². The minimum absolute atomic E-state index is 0.0143. The van der Waals surface area contributed by atoms with Crippen LogP contribution in [-0.4, -0.2) is 29.9 Å². The van der Waals surface area contributed by atoms with Crippen LogP contribution in [-0.2, 0) is 11.2 Å². The van der Waals surface area contributed by atoms with E-state index in [0.717, 1.165) is 12.8 Å². The van der Waals surface area contributed by atoms with Gasteiger partial charge >= 0.3 is 0 Å². The second-order valence-electron chi connectivity index (χ2n) is 6.44. The molecular weight excluding hydrogens is 378 g/mol. The van der Waals surface area contributed by atoms with E-state index >= 15 is 0 Å². The molecule has 0 saturated heterocycles. The number of hydrogen-bond acceptors (Lipinski definition) is 4. The highest BCUT2D eigenvalue weighted by molar-refractivity contribution is 7.80. The van der Waals surface area contributed by atoms with Crippen LogP contribution in [0.1, 0.15) is 46.1 Å². The molecule has 1 aliphatic rings. The second kappa shape index (κ2) is 9.62. The summed E-state index contributed by atoms with van der Waals surface area (Å²) in [6, 6.07) is 12.3. The Morgan fingerprint density at radius 2 is 1.89 bits per heavy atom. The minimum Gasteiger partial charge on any atom is -0.361 e. The third kappa shape index (κ3) is 5.61. The quantitative estimate of drug-likeness (QED) is 0.360. The number of aryl methyl sites for hydroxylation is 1. The number of hydrogen-bond donors (Lipinski definition) is 3. The molecule has 1 aliphatic carbocycles. The minimum atomic E-state index is -0.120. The van der Waals surface area contributed by atoms with Gasteiger partial charge in [-0.25, -0.2) is 0 Å². The molecule has 0 fully saturated rings. The Hall–Kier alpha value is -2.25. The SMILES string of the molecule is O=C(CCC(=O)c1cccs1)NCCNC(=S)NC1CCc2ccccc21. The zero-order chi connectivity index (χ0) is 19.1. The van der Waals surface area contributed by atoms with Crippen LogP contribution in [0.4, 0.5) is 0 Å². The van der Waals surface area contributed by atoms with E-state index in [1.165, 1.54) is 22.5 Å². The van der Waals surface area contributed by atoms with Crippen LogP contribution in [0.5, 0.6) is 0 Å². The van der Waals surface area contributed by atoms with Crippen LogP contribution in [0, 0.1) is 0 Å². The standard InChI is InChI=1S/C20H23N3O2S2/c24-17(18-6-3-13-27-18)9-10-19(25)21-11-12-22-20(26)23-16-8-7-14-4-1-2-5-15(14)16/h1-6,13,16H,7-12H2,(H,21,25)(H2,22,23,26). The number of benzene rings is 1. The Morgan fingerprint density at radius 1 is 1.07 bits per heavy atom. The molecule has 3 N–H and O–H groups in total. The topological polar surface area (TPSA) is 70.2 Å². The predicted molar refractivity (Wildman–Crippen MR) is 112 cm³/mol. The van der Waals surface area contributed by atoms with E-state index in [1.54, 1.807) is 6.07 Å². The van der Waals surface area contributed by atoms with Gasteiger partial charge in [-0.1, -0.05) is 30.3 Å². The lowest BCUT2D eigenvalue weighted by molar-refractivity contribution is -0.121. The van der Waals surface area contributed by atoms with Crippen molar-refractivity contribution in [3.05, 3.63) is 57.8 Å². The fourth-order valence-electron chi connectivity index (χ4n) is 3.17. The predicted octanol–water partition coefficient (Wildman–Crippen LogP) is 2.98. The van der Waals surface area contributed by atoms with E-state index < -0.39 is 0 Å². The first-order valence-electron chi connectivity index (χ1n) is 9.09. The van der Waals surface area contributed by atoms with E-state index in [1.807, 2.05) is 17.5 Å². The number of carbonyl (C=O) groups is 2. The third-order valence-corrected chi connectivity index (χ3v) is 5.72. The molecule has 2 aromatic rings. The lowest BCUT2D eigenvalue weighted by Gasteiger charge is -2.17. The number of thiocarbonyl (C=S) groups is 1. The Labute approximate surface area is 168 Å².